The van der Waals surface area contributed by atoms with Crippen molar-refractivity contribution in [2.45, 2.75) is 13.3 Å². The minimum atomic E-state index is -1.36. The van der Waals surface area contributed by atoms with E-state index in [0.29, 0.717) is 0 Å². The van der Waals surface area contributed by atoms with Crippen molar-refractivity contribution in [3.05, 3.63) is 74.6 Å². The highest BCUT2D eigenvalue weighted by atomic mass is 35.5. The molecule has 0 fully saturated rings. The molecule has 3 aromatic rings. The number of carboxylic acids is 1. The molecule has 0 amide bonds. The average molecular weight is 423 g/mol. The summed E-state index contributed by atoms with van der Waals surface area (Å²) in [5.41, 5.74) is -0.218. The second-order valence-electron chi connectivity index (χ2n) is 6.09. The van der Waals surface area contributed by atoms with Crippen LogP contribution in [0.4, 0.5) is 8.78 Å². The summed E-state index contributed by atoms with van der Waals surface area (Å²) in [5.74, 6) is -4.41. The van der Waals surface area contributed by atoms with Crippen LogP contribution < -0.4 is 0 Å². The summed E-state index contributed by atoms with van der Waals surface area (Å²) in [6.07, 6.45) is -0.330. The number of phenolic OH excluding ortho intramolecular Hbond substituents is 1. The maximum Gasteiger partial charge on any atom is 0.337 e. The number of thiophene rings is 1. The van der Waals surface area contributed by atoms with Gasteiger partial charge in [-0.25, -0.2) is 13.6 Å². The molecule has 0 spiro atoms. The number of hydrogen-bond acceptors (Lipinski definition) is 4. The lowest BCUT2D eigenvalue weighted by Gasteiger charge is -2.07. The first-order valence-electron chi connectivity index (χ1n) is 8.01. The van der Waals surface area contributed by atoms with E-state index in [2.05, 4.69) is 0 Å². The third-order valence-corrected chi connectivity index (χ3v) is 5.51. The molecule has 0 saturated heterocycles. The SMILES string of the molecule is Cc1ccc(-c2scc(CC(=O)c3ccc(Cl)cc3O)c2C(=O)O)c(F)c1F. The monoisotopic (exact) mass is 422 g/mol. The van der Waals surface area contributed by atoms with Gasteiger partial charge in [0.05, 0.1) is 16.0 Å². The number of carbonyl (C=O) groups excluding carboxylic acids is 1. The first-order valence-corrected chi connectivity index (χ1v) is 9.26. The number of Topliss-reactive ketones (excluding diaryl/α,β-unsaturated/α-hetero) is 1. The highest BCUT2D eigenvalue weighted by Crippen LogP contribution is 2.36. The van der Waals surface area contributed by atoms with Gasteiger partial charge >= 0.3 is 5.97 Å². The molecular formula is C20H13ClF2O4S. The maximum absolute atomic E-state index is 14.3. The zero-order valence-electron chi connectivity index (χ0n) is 14.4. The fraction of sp³-hybridized carbons (Fsp3) is 0.100. The number of phenols is 1. The molecule has 4 nitrogen and oxygen atoms in total. The lowest BCUT2D eigenvalue weighted by Crippen LogP contribution is -2.08. The van der Waals surface area contributed by atoms with Crippen molar-refractivity contribution in [3.63, 3.8) is 0 Å². The zero-order valence-corrected chi connectivity index (χ0v) is 16.0. The summed E-state index contributed by atoms with van der Waals surface area (Å²) < 4.78 is 28.3. The molecule has 8 heteroatoms. The Morgan fingerprint density at radius 3 is 2.50 bits per heavy atom. The number of carboxylic acid groups (broad SMARTS) is 1. The van der Waals surface area contributed by atoms with Gasteiger partial charge < -0.3 is 10.2 Å². The topological polar surface area (TPSA) is 74.6 Å². The molecule has 3 rings (SSSR count). The smallest absolute Gasteiger partial charge is 0.337 e. The first kappa shape index (κ1) is 20.0. The lowest BCUT2D eigenvalue weighted by molar-refractivity contribution is 0.0697. The van der Waals surface area contributed by atoms with Crippen molar-refractivity contribution in [3.8, 4) is 16.2 Å². The van der Waals surface area contributed by atoms with Crippen molar-refractivity contribution >= 4 is 34.7 Å². The van der Waals surface area contributed by atoms with Crippen LogP contribution >= 0.6 is 22.9 Å². The number of hydrogen-bond donors (Lipinski definition) is 2. The van der Waals surface area contributed by atoms with Crippen LogP contribution in [0.15, 0.2) is 35.7 Å². The van der Waals surface area contributed by atoms with E-state index in [9.17, 15) is 28.6 Å². The van der Waals surface area contributed by atoms with Crippen LogP contribution in [0.25, 0.3) is 10.4 Å². The summed E-state index contributed by atoms with van der Waals surface area (Å²) in [4.78, 5) is 24.3. The molecule has 0 aliphatic heterocycles. The van der Waals surface area contributed by atoms with E-state index >= 15 is 0 Å². The zero-order chi connectivity index (χ0) is 20.6. The molecule has 0 bridgehead atoms. The largest absolute Gasteiger partial charge is 0.507 e. The van der Waals surface area contributed by atoms with Crippen LogP contribution in [0.1, 0.15) is 31.8 Å². The highest BCUT2D eigenvalue weighted by molar-refractivity contribution is 7.14. The van der Waals surface area contributed by atoms with Gasteiger partial charge in [-0.1, -0.05) is 23.7 Å². The van der Waals surface area contributed by atoms with Crippen LogP contribution in [0.5, 0.6) is 5.75 Å². The number of aryl methyl sites for hydroxylation is 1. The van der Waals surface area contributed by atoms with Gasteiger partial charge in [0, 0.05) is 17.0 Å². The quantitative estimate of drug-likeness (QED) is 0.533. The van der Waals surface area contributed by atoms with Crippen molar-refractivity contribution in [1.82, 2.24) is 0 Å². The van der Waals surface area contributed by atoms with E-state index in [-0.39, 0.29) is 49.9 Å². The molecule has 0 aliphatic rings. The van der Waals surface area contributed by atoms with E-state index in [1.165, 1.54) is 42.6 Å². The molecule has 0 unspecified atom stereocenters. The molecule has 2 aromatic carbocycles. The molecule has 0 saturated carbocycles. The Kier molecular flexibility index (Phi) is 5.49. The molecule has 28 heavy (non-hydrogen) atoms. The molecule has 0 radical (unpaired) electrons. The number of aromatic carboxylic acids is 1. The third kappa shape index (κ3) is 3.63. The summed E-state index contributed by atoms with van der Waals surface area (Å²) >= 11 is 6.65. The number of ketones is 1. The van der Waals surface area contributed by atoms with Crippen molar-refractivity contribution in [1.29, 1.82) is 0 Å². The molecular weight excluding hydrogens is 410 g/mol. The van der Waals surface area contributed by atoms with Crippen molar-refractivity contribution in [2.24, 2.45) is 0 Å². The normalized spacial score (nSPS) is 10.9. The van der Waals surface area contributed by atoms with E-state index in [0.717, 1.165) is 11.3 Å². The lowest BCUT2D eigenvalue weighted by atomic mass is 9.98. The fourth-order valence-corrected chi connectivity index (χ4v) is 4.04. The summed E-state index contributed by atoms with van der Waals surface area (Å²) in [6, 6.07) is 6.63. The van der Waals surface area contributed by atoms with E-state index in [1.807, 2.05) is 0 Å². The van der Waals surface area contributed by atoms with Gasteiger partial charge in [-0.3, -0.25) is 4.79 Å². The van der Waals surface area contributed by atoms with Crippen LogP contribution in [0.3, 0.4) is 0 Å². The van der Waals surface area contributed by atoms with Gasteiger partial charge in [-0.05, 0) is 41.6 Å². The standard InChI is InChI=1S/C20H13ClF2O4S/c1-9-2-4-13(18(23)17(9)22)19-16(20(26)27)10(8-28-19)6-14(24)12-5-3-11(21)7-15(12)25/h2-5,7-8,25H,6H2,1H3,(H,26,27). The Balaban J connectivity index is 2.04. The average Bonchev–Trinajstić information content (AvgIpc) is 3.03. The van der Waals surface area contributed by atoms with Gasteiger partial charge in [-0.15, -0.1) is 11.3 Å². The Bertz CT molecular complexity index is 1110. The minimum absolute atomic E-state index is 0.0129. The number of aromatic hydroxyl groups is 1. The molecule has 1 heterocycles. The Morgan fingerprint density at radius 1 is 1.14 bits per heavy atom. The van der Waals surface area contributed by atoms with Gasteiger partial charge in [-0.2, -0.15) is 0 Å². The van der Waals surface area contributed by atoms with Crippen molar-refractivity contribution < 1.29 is 28.6 Å². The van der Waals surface area contributed by atoms with Crippen LogP contribution in [0, 0.1) is 18.6 Å². The van der Waals surface area contributed by atoms with Crippen molar-refractivity contribution in [2.75, 3.05) is 0 Å². The molecule has 0 atom stereocenters. The summed E-state index contributed by atoms with van der Waals surface area (Å²) in [6.45, 7) is 1.40. The number of benzene rings is 2. The van der Waals surface area contributed by atoms with Gasteiger partial charge in [0.1, 0.15) is 5.75 Å². The first-order chi connectivity index (χ1) is 13.2. The van der Waals surface area contributed by atoms with Crippen LogP contribution in [-0.4, -0.2) is 22.0 Å². The van der Waals surface area contributed by atoms with Crippen LogP contribution in [-0.2, 0) is 6.42 Å². The number of rotatable bonds is 5. The molecule has 1 aromatic heterocycles. The third-order valence-electron chi connectivity index (χ3n) is 4.21. The number of halogens is 3. The van der Waals surface area contributed by atoms with E-state index in [4.69, 9.17) is 11.6 Å². The number of carbonyl (C=O) groups is 2. The molecule has 144 valence electrons. The van der Waals surface area contributed by atoms with E-state index in [1.54, 1.807) is 0 Å². The summed E-state index contributed by atoms with van der Waals surface area (Å²) in [7, 11) is 0. The second-order valence-corrected chi connectivity index (χ2v) is 7.41. The second kappa shape index (κ2) is 7.69. The Labute approximate surface area is 167 Å². The maximum atomic E-state index is 14.3. The van der Waals surface area contributed by atoms with Gasteiger partial charge in [0.25, 0.3) is 0 Å². The Morgan fingerprint density at radius 2 is 1.86 bits per heavy atom. The predicted molar refractivity (Wildman–Crippen MR) is 103 cm³/mol. The summed E-state index contributed by atoms with van der Waals surface area (Å²) in [5, 5.41) is 21.1. The van der Waals surface area contributed by atoms with Gasteiger partial charge in [0.2, 0.25) is 0 Å². The molecule has 0 aliphatic carbocycles. The predicted octanol–water partition coefficient (Wildman–Crippen LogP) is 5.48. The molecule has 2 N–H and O–H groups in total. The van der Waals surface area contributed by atoms with Gasteiger partial charge in [0.15, 0.2) is 17.4 Å². The van der Waals surface area contributed by atoms with E-state index < -0.39 is 23.4 Å². The Hall–Kier alpha value is -2.77. The fourth-order valence-electron chi connectivity index (χ4n) is 2.79. The minimum Gasteiger partial charge on any atom is -0.507 e. The van der Waals surface area contributed by atoms with Crippen LogP contribution in [0.2, 0.25) is 5.02 Å². The highest BCUT2D eigenvalue weighted by Gasteiger charge is 2.25.